The van der Waals surface area contributed by atoms with E-state index in [0.717, 1.165) is 11.5 Å². The van der Waals surface area contributed by atoms with Crippen LogP contribution in [0.3, 0.4) is 0 Å². The van der Waals surface area contributed by atoms with Gasteiger partial charge in [0.25, 0.3) is 0 Å². The smallest absolute Gasteiger partial charge is 0.126 e. The Balaban J connectivity index is 2.64. The molecule has 0 unspecified atom stereocenters. The van der Waals surface area contributed by atoms with Gasteiger partial charge in [0.2, 0.25) is 0 Å². The second kappa shape index (κ2) is 4.44. The Morgan fingerprint density at radius 3 is 2.17 bits per heavy atom. The first kappa shape index (κ1) is 8.65. The van der Waals surface area contributed by atoms with Crippen LogP contribution in [-0.4, -0.2) is 7.11 Å². The van der Waals surface area contributed by atoms with Crippen LogP contribution in [0.1, 0.15) is 6.92 Å². The van der Waals surface area contributed by atoms with E-state index in [1.807, 2.05) is 37.3 Å². The Hall–Kier alpha value is -1.44. The van der Waals surface area contributed by atoms with Gasteiger partial charge >= 0.3 is 0 Å². The Morgan fingerprint density at radius 2 is 1.67 bits per heavy atom. The summed E-state index contributed by atoms with van der Waals surface area (Å²) in [7, 11) is 1.64. The molecule has 1 rings (SSSR count). The minimum Gasteiger partial charge on any atom is -0.497 e. The van der Waals surface area contributed by atoms with Crippen LogP contribution in [0.5, 0.6) is 11.5 Å². The molecule has 2 heteroatoms. The largest absolute Gasteiger partial charge is 0.497 e. The number of rotatable bonds is 3. The van der Waals surface area contributed by atoms with Crippen molar-refractivity contribution in [3.63, 3.8) is 0 Å². The van der Waals surface area contributed by atoms with Crippen molar-refractivity contribution in [2.75, 3.05) is 7.11 Å². The molecule has 0 saturated carbocycles. The fourth-order valence-corrected chi connectivity index (χ4v) is 0.801. The fourth-order valence-electron chi connectivity index (χ4n) is 0.801. The quantitative estimate of drug-likeness (QED) is 0.639. The summed E-state index contributed by atoms with van der Waals surface area (Å²) in [6, 6.07) is 7.44. The second-order valence-corrected chi connectivity index (χ2v) is 2.26. The number of methoxy groups -OCH3 is 1. The van der Waals surface area contributed by atoms with E-state index < -0.39 is 0 Å². The average Bonchev–Trinajstić information content (AvgIpc) is 2.15. The third-order valence-corrected chi connectivity index (χ3v) is 1.40. The van der Waals surface area contributed by atoms with Crippen LogP contribution < -0.4 is 9.47 Å². The molecule has 0 amide bonds. The summed E-state index contributed by atoms with van der Waals surface area (Å²) in [5.41, 5.74) is 0. The first-order chi connectivity index (χ1) is 5.86. The predicted molar refractivity (Wildman–Crippen MR) is 48.4 cm³/mol. The van der Waals surface area contributed by atoms with Crippen LogP contribution in [0.25, 0.3) is 0 Å². The van der Waals surface area contributed by atoms with Gasteiger partial charge in [0, 0.05) is 0 Å². The van der Waals surface area contributed by atoms with Crippen molar-refractivity contribution in [2.45, 2.75) is 6.92 Å². The summed E-state index contributed by atoms with van der Waals surface area (Å²) in [6.45, 7) is 1.91. The summed E-state index contributed by atoms with van der Waals surface area (Å²) in [4.78, 5) is 0. The van der Waals surface area contributed by atoms with Crippen molar-refractivity contribution in [3.05, 3.63) is 36.6 Å². The Kier molecular flexibility index (Phi) is 3.20. The van der Waals surface area contributed by atoms with Crippen LogP contribution in [0.4, 0.5) is 0 Å². The number of hydrogen-bond donors (Lipinski definition) is 0. The summed E-state index contributed by atoms with van der Waals surface area (Å²) in [5, 5.41) is 0. The van der Waals surface area contributed by atoms with Crippen LogP contribution in [0.2, 0.25) is 0 Å². The molecule has 0 aliphatic carbocycles. The molecule has 1 aromatic carbocycles. The fraction of sp³-hybridized carbons (Fsp3) is 0.200. The molecule has 0 aliphatic rings. The van der Waals surface area contributed by atoms with E-state index in [1.165, 1.54) is 0 Å². The van der Waals surface area contributed by atoms with Gasteiger partial charge in [-0.25, -0.2) is 0 Å². The lowest BCUT2D eigenvalue weighted by molar-refractivity contribution is 0.412. The molecule has 64 valence electrons. The van der Waals surface area contributed by atoms with E-state index in [0.29, 0.717) is 0 Å². The molecule has 0 saturated heterocycles. The van der Waals surface area contributed by atoms with Gasteiger partial charge in [-0.1, -0.05) is 6.08 Å². The lowest BCUT2D eigenvalue weighted by atomic mass is 10.3. The topological polar surface area (TPSA) is 18.5 Å². The van der Waals surface area contributed by atoms with Gasteiger partial charge in [-0.15, -0.1) is 0 Å². The molecular formula is C10H12O2. The van der Waals surface area contributed by atoms with Crippen LogP contribution in [0, 0.1) is 0 Å². The Morgan fingerprint density at radius 1 is 1.08 bits per heavy atom. The summed E-state index contributed by atoms with van der Waals surface area (Å²) in [6.07, 6.45) is 3.48. The van der Waals surface area contributed by atoms with Crippen molar-refractivity contribution in [1.82, 2.24) is 0 Å². The first-order valence-electron chi connectivity index (χ1n) is 3.78. The van der Waals surface area contributed by atoms with Crippen molar-refractivity contribution < 1.29 is 9.47 Å². The van der Waals surface area contributed by atoms with Gasteiger partial charge in [-0.2, -0.15) is 0 Å². The zero-order valence-electron chi connectivity index (χ0n) is 7.28. The Bertz CT molecular complexity index is 249. The maximum Gasteiger partial charge on any atom is 0.126 e. The van der Waals surface area contributed by atoms with Crippen LogP contribution in [-0.2, 0) is 0 Å². The highest BCUT2D eigenvalue weighted by Crippen LogP contribution is 2.16. The van der Waals surface area contributed by atoms with E-state index in [4.69, 9.17) is 9.47 Å². The first-order valence-corrected chi connectivity index (χ1v) is 3.78. The molecule has 2 nitrogen and oxygen atoms in total. The van der Waals surface area contributed by atoms with Crippen molar-refractivity contribution in [3.8, 4) is 11.5 Å². The highest BCUT2D eigenvalue weighted by molar-refractivity contribution is 5.31. The molecule has 0 heterocycles. The van der Waals surface area contributed by atoms with Gasteiger partial charge in [0.15, 0.2) is 0 Å². The third-order valence-electron chi connectivity index (χ3n) is 1.40. The number of hydrogen-bond acceptors (Lipinski definition) is 2. The molecule has 0 atom stereocenters. The van der Waals surface area contributed by atoms with Crippen LogP contribution >= 0.6 is 0 Å². The molecule has 0 radical (unpaired) electrons. The second-order valence-electron chi connectivity index (χ2n) is 2.26. The van der Waals surface area contributed by atoms with Crippen molar-refractivity contribution >= 4 is 0 Å². The molecule has 12 heavy (non-hydrogen) atoms. The molecule has 0 fully saturated rings. The maximum atomic E-state index is 5.22. The predicted octanol–water partition coefficient (Wildman–Crippen LogP) is 2.61. The molecule has 0 N–H and O–H groups in total. The summed E-state index contributed by atoms with van der Waals surface area (Å²) in [5.74, 6) is 1.65. The van der Waals surface area contributed by atoms with Gasteiger partial charge < -0.3 is 9.47 Å². The van der Waals surface area contributed by atoms with E-state index in [-0.39, 0.29) is 0 Å². The number of allylic oxidation sites excluding steroid dienone is 1. The normalized spacial score (nSPS) is 10.2. The maximum absolute atomic E-state index is 5.22. The van der Waals surface area contributed by atoms with Gasteiger partial charge in [0.05, 0.1) is 13.4 Å². The lowest BCUT2D eigenvalue weighted by Crippen LogP contribution is -1.83. The van der Waals surface area contributed by atoms with E-state index >= 15 is 0 Å². The van der Waals surface area contributed by atoms with Gasteiger partial charge in [-0.05, 0) is 31.2 Å². The summed E-state index contributed by atoms with van der Waals surface area (Å²) < 4.78 is 10.2. The zero-order valence-corrected chi connectivity index (χ0v) is 7.28. The lowest BCUT2D eigenvalue weighted by Gasteiger charge is -2.01. The van der Waals surface area contributed by atoms with Crippen molar-refractivity contribution in [2.24, 2.45) is 0 Å². The molecule has 0 aromatic heterocycles. The number of benzene rings is 1. The van der Waals surface area contributed by atoms with Crippen molar-refractivity contribution in [1.29, 1.82) is 0 Å². The average molecular weight is 164 g/mol. The third kappa shape index (κ3) is 2.31. The minimum absolute atomic E-state index is 0.814. The molecular weight excluding hydrogens is 152 g/mol. The SMILES string of the molecule is CC=COc1ccc(OC)cc1. The van der Waals surface area contributed by atoms with Gasteiger partial charge in [0.1, 0.15) is 11.5 Å². The van der Waals surface area contributed by atoms with Gasteiger partial charge in [-0.3, -0.25) is 0 Å². The zero-order chi connectivity index (χ0) is 8.81. The molecule has 0 aliphatic heterocycles. The number of ether oxygens (including phenoxy) is 2. The van der Waals surface area contributed by atoms with Crippen LogP contribution in [0.15, 0.2) is 36.6 Å². The molecule has 1 aromatic rings. The standard InChI is InChI=1S/C10H12O2/c1-3-8-12-10-6-4-9(11-2)5-7-10/h3-8H,1-2H3. The molecule has 0 spiro atoms. The van der Waals surface area contributed by atoms with E-state index in [9.17, 15) is 0 Å². The monoisotopic (exact) mass is 164 g/mol. The Labute approximate surface area is 72.4 Å². The van der Waals surface area contributed by atoms with E-state index in [2.05, 4.69) is 0 Å². The summed E-state index contributed by atoms with van der Waals surface area (Å²) >= 11 is 0. The highest BCUT2D eigenvalue weighted by Gasteiger charge is 1.91. The van der Waals surface area contributed by atoms with E-state index in [1.54, 1.807) is 13.4 Å². The minimum atomic E-state index is 0.814. The highest BCUT2D eigenvalue weighted by atomic mass is 16.5. The molecule has 0 bridgehead atoms.